The Balaban J connectivity index is 1.61. The molecule has 0 N–H and O–H groups in total. The maximum absolute atomic E-state index is 12.3. The first-order chi connectivity index (χ1) is 13.0. The predicted molar refractivity (Wildman–Crippen MR) is 106 cm³/mol. The molecule has 0 saturated carbocycles. The van der Waals surface area contributed by atoms with E-state index < -0.39 is 0 Å². The number of hydrogen-bond donors (Lipinski definition) is 0. The zero-order valence-corrected chi connectivity index (χ0v) is 15.5. The first-order valence-electron chi connectivity index (χ1n) is 8.33. The fourth-order valence-corrected chi connectivity index (χ4v) is 2.63. The van der Waals surface area contributed by atoms with Crippen molar-refractivity contribution in [2.75, 3.05) is 7.05 Å². The fraction of sp³-hybridized carbons (Fsp3) is 0.0909. The molecule has 27 heavy (non-hydrogen) atoms. The summed E-state index contributed by atoms with van der Waals surface area (Å²) >= 11 is 5.90. The highest BCUT2D eigenvalue weighted by Crippen LogP contribution is 2.24. The molecule has 0 bridgehead atoms. The summed E-state index contributed by atoms with van der Waals surface area (Å²) in [5, 5.41) is 9.47. The first-order valence-corrected chi connectivity index (χ1v) is 8.71. The van der Waals surface area contributed by atoms with E-state index in [9.17, 15) is 4.79 Å². The molecule has 0 spiro atoms. The second-order valence-electron chi connectivity index (χ2n) is 6.03. The van der Waals surface area contributed by atoms with E-state index in [1.54, 1.807) is 42.3 Å². The summed E-state index contributed by atoms with van der Waals surface area (Å²) in [5.41, 5.74) is 2.38. The number of benzene rings is 2. The molecule has 4 nitrogen and oxygen atoms in total. The van der Waals surface area contributed by atoms with Crippen molar-refractivity contribution in [2.45, 2.75) is 6.54 Å². The molecule has 0 unspecified atom stereocenters. The van der Waals surface area contributed by atoms with E-state index in [2.05, 4.69) is 6.07 Å². The van der Waals surface area contributed by atoms with E-state index in [0.29, 0.717) is 22.9 Å². The third-order valence-electron chi connectivity index (χ3n) is 4.02. The molecule has 0 aliphatic rings. The number of furan rings is 1. The van der Waals surface area contributed by atoms with E-state index in [0.717, 1.165) is 16.9 Å². The largest absolute Gasteiger partial charge is 0.459 e. The summed E-state index contributed by atoms with van der Waals surface area (Å²) in [4.78, 5) is 13.9. The molecule has 0 radical (unpaired) electrons. The van der Waals surface area contributed by atoms with Crippen LogP contribution in [-0.2, 0) is 11.3 Å². The van der Waals surface area contributed by atoms with Crippen LogP contribution in [0.2, 0.25) is 5.02 Å². The van der Waals surface area contributed by atoms with E-state index >= 15 is 0 Å². The van der Waals surface area contributed by atoms with Crippen molar-refractivity contribution < 1.29 is 9.21 Å². The van der Waals surface area contributed by atoms with Crippen LogP contribution in [0.1, 0.15) is 16.9 Å². The van der Waals surface area contributed by atoms with Crippen LogP contribution in [-0.4, -0.2) is 17.9 Å². The third-order valence-corrected chi connectivity index (χ3v) is 4.27. The Morgan fingerprint density at radius 3 is 2.48 bits per heavy atom. The van der Waals surface area contributed by atoms with Gasteiger partial charge in [0.15, 0.2) is 0 Å². The van der Waals surface area contributed by atoms with Crippen LogP contribution >= 0.6 is 11.6 Å². The molecule has 3 aromatic rings. The topological polar surface area (TPSA) is 57.2 Å². The van der Waals surface area contributed by atoms with Crippen LogP contribution in [0.15, 0.2) is 71.2 Å². The summed E-state index contributed by atoms with van der Waals surface area (Å²) in [7, 11) is 1.72. The normalized spacial score (nSPS) is 10.7. The van der Waals surface area contributed by atoms with Crippen molar-refractivity contribution in [2.24, 2.45) is 0 Å². The van der Waals surface area contributed by atoms with Gasteiger partial charge in [-0.2, -0.15) is 5.26 Å². The molecule has 1 aromatic heterocycles. The van der Waals surface area contributed by atoms with Gasteiger partial charge in [-0.3, -0.25) is 4.79 Å². The molecule has 5 heteroatoms. The first kappa shape index (κ1) is 18.5. The van der Waals surface area contributed by atoms with Crippen LogP contribution in [0.5, 0.6) is 0 Å². The van der Waals surface area contributed by atoms with Gasteiger partial charge < -0.3 is 9.32 Å². The molecule has 3 rings (SSSR count). The number of carbonyl (C=O) groups is 1. The zero-order valence-electron chi connectivity index (χ0n) is 14.7. The monoisotopic (exact) mass is 376 g/mol. The smallest absolute Gasteiger partial charge is 0.246 e. The number of likely N-dealkylation sites (N-methyl/N-ethyl adjacent to an activating group) is 1. The van der Waals surface area contributed by atoms with Gasteiger partial charge in [0.1, 0.15) is 11.5 Å². The lowest BCUT2D eigenvalue weighted by Gasteiger charge is -2.13. The van der Waals surface area contributed by atoms with Gasteiger partial charge in [-0.05, 0) is 60.2 Å². The van der Waals surface area contributed by atoms with E-state index in [1.165, 1.54) is 6.08 Å². The number of halogens is 1. The van der Waals surface area contributed by atoms with E-state index in [-0.39, 0.29) is 5.91 Å². The standard InChI is InChI=1S/C22H17ClN2O2/c1-25(22(26)13-6-16-2-4-17(14-24)5-3-16)15-20-11-12-21(27-20)18-7-9-19(23)10-8-18/h2-13H,15H2,1H3. The van der Waals surface area contributed by atoms with Crippen LogP contribution in [0.4, 0.5) is 0 Å². The Hall–Kier alpha value is -3.29. The minimum atomic E-state index is -0.135. The van der Waals surface area contributed by atoms with Gasteiger partial charge in [0.2, 0.25) is 5.91 Å². The highest BCUT2D eigenvalue weighted by Gasteiger charge is 2.10. The molecule has 0 saturated heterocycles. The highest BCUT2D eigenvalue weighted by molar-refractivity contribution is 6.30. The van der Waals surface area contributed by atoms with Crippen molar-refractivity contribution in [3.63, 3.8) is 0 Å². The van der Waals surface area contributed by atoms with Crippen LogP contribution in [0.3, 0.4) is 0 Å². The molecular formula is C22H17ClN2O2. The minimum Gasteiger partial charge on any atom is -0.459 e. The number of nitriles is 1. The van der Waals surface area contributed by atoms with Crippen molar-refractivity contribution in [3.8, 4) is 17.4 Å². The average molecular weight is 377 g/mol. The second kappa shape index (κ2) is 8.39. The van der Waals surface area contributed by atoms with Gasteiger partial charge in [0, 0.05) is 23.7 Å². The van der Waals surface area contributed by atoms with Gasteiger partial charge in [-0.25, -0.2) is 0 Å². The number of hydrogen-bond acceptors (Lipinski definition) is 3. The Bertz CT molecular complexity index is 996. The predicted octanol–water partition coefficient (Wildman–Crippen LogP) is 5.14. The lowest BCUT2D eigenvalue weighted by molar-refractivity contribution is -0.125. The van der Waals surface area contributed by atoms with Crippen LogP contribution in [0, 0.1) is 11.3 Å². The molecule has 134 valence electrons. The Morgan fingerprint density at radius 2 is 1.81 bits per heavy atom. The van der Waals surface area contributed by atoms with Gasteiger partial charge in [-0.15, -0.1) is 0 Å². The summed E-state index contributed by atoms with van der Waals surface area (Å²) in [6.07, 6.45) is 3.23. The molecule has 1 heterocycles. The zero-order chi connectivity index (χ0) is 19.2. The summed E-state index contributed by atoms with van der Waals surface area (Å²) < 4.78 is 5.83. The van der Waals surface area contributed by atoms with Crippen molar-refractivity contribution in [1.29, 1.82) is 5.26 Å². The van der Waals surface area contributed by atoms with Crippen LogP contribution < -0.4 is 0 Å². The minimum absolute atomic E-state index is 0.135. The Kier molecular flexibility index (Phi) is 5.75. The fourth-order valence-electron chi connectivity index (χ4n) is 2.51. The number of amides is 1. The Labute approximate surface area is 162 Å². The lowest BCUT2D eigenvalue weighted by Crippen LogP contribution is -2.23. The second-order valence-corrected chi connectivity index (χ2v) is 6.47. The Morgan fingerprint density at radius 1 is 1.11 bits per heavy atom. The molecule has 0 aliphatic heterocycles. The molecule has 0 aliphatic carbocycles. The molecule has 1 amide bonds. The highest BCUT2D eigenvalue weighted by atomic mass is 35.5. The van der Waals surface area contributed by atoms with Crippen molar-refractivity contribution in [3.05, 3.63) is 88.6 Å². The van der Waals surface area contributed by atoms with E-state index in [1.807, 2.05) is 36.4 Å². The van der Waals surface area contributed by atoms with Gasteiger partial charge in [-0.1, -0.05) is 23.7 Å². The molecule has 0 fully saturated rings. The SMILES string of the molecule is CN(Cc1ccc(-c2ccc(Cl)cc2)o1)C(=O)C=Cc1ccc(C#N)cc1. The third kappa shape index (κ3) is 4.87. The summed E-state index contributed by atoms with van der Waals surface area (Å²) in [5.74, 6) is 1.29. The van der Waals surface area contributed by atoms with Crippen LogP contribution in [0.25, 0.3) is 17.4 Å². The van der Waals surface area contributed by atoms with Crippen molar-refractivity contribution in [1.82, 2.24) is 4.90 Å². The summed E-state index contributed by atoms with van der Waals surface area (Å²) in [6, 6.07) is 20.2. The van der Waals surface area contributed by atoms with Gasteiger partial charge in [0.25, 0.3) is 0 Å². The van der Waals surface area contributed by atoms with Crippen molar-refractivity contribution >= 4 is 23.6 Å². The lowest BCUT2D eigenvalue weighted by atomic mass is 10.1. The quantitative estimate of drug-likeness (QED) is 0.579. The number of carbonyl (C=O) groups excluding carboxylic acids is 1. The number of rotatable bonds is 5. The maximum Gasteiger partial charge on any atom is 0.246 e. The van der Waals surface area contributed by atoms with E-state index in [4.69, 9.17) is 21.3 Å². The maximum atomic E-state index is 12.3. The molecular weight excluding hydrogens is 360 g/mol. The molecule has 0 atom stereocenters. The average Bonchev–Trinajstić information content (AvgIpc) is 3.15. The molecule has 2 aromatic carbocycles. The van der Waals surface area contributed by atoms with Gasteiger partial charge in [0.05, 0.1) is 18.2 Å². The van der Waals surface area contributed by atoms with Gasteiger partial charge >= 0.3 is 0 Å². The summed E-state index contributed by atoms with van der Waals surface area (Å²) in [6.45, 7) is 0.365. The number of nitrogens with zero attached hydrogens (tertiary/aromatic N) is 2.